The van der Waals surface area contributed by atoms with Crippen molar-refractivity contribution in [3.05, 3.63) is 16.5 Å². The third kappa shape index (κ3) is 12.2. The van der Waals surface area contributed by atoms with Crippen LogP contribution in [0.15, 0.2) is 20.0 Å². The van der Waals surface area contributed by atoms with Gasteiger partial charge in [-0.1, -0.05) is 25.4 Å². The van der Waals surface area contributed by atoms with Crippen molar-refractivity contribution >= 4 is 56.7 Å². The van der Waals surface area contributed by atoms with Crippen LogP contribution >= 0.6 is 22.9 Å². The van der Waals surface area contributed by atoms with Gasteiger partial charge in [-0.25, -0.2) is 9.00 Å². The molecule has 0 fully saturated rings. The van der Waals surface area contributed by atoms with Gasteiger partial charge in [0.05, 0.1) is 11.4 Å². The van der Waals surface area contributed by atoms with E-state index < -0.39 is 51.0 Å². The third-order valence-electron chi connectivity index (χ3n) is 3.96. The lowest BCUT2D eigenvalue weighted by molar-refractivity contribution is -0.155. The number of nitrogens with zero attached hydrogens (tertiary/aromatic N) is 1. The first-order valence-electron chi connectivity index (χ1n) is 11.4. The first-order valence-corrected chi connectivity index (χ1v) is 14.1. The van der Waals surface area contributed by atoms with E-state index in [4.69, 9.17) is 21.1 Å². The van der Waals surface area contributed by atoms with E-state index in [1.54, 1.807) is 41.5 Å². The zero-order valence-corrected chi connectivity index (χ0v) is 24.3. The Morgan fingerprint density at radius 2 is 1.64 bits per heavy atom. The van der Waals surface area contributed by atoms with E-state index in [9.17, 15) is 23.4 Å². The van der Waals surface area contributed by atoms with Crippen molar-refractivity contribution in [1.29, 1.82) is 0 Å². The van der Waals surface area contributed by atoms with Crippen molar-refractivity contribution in [2.24, 2.45) is 10.3 Å². The van der Waals surface area contributed by atoms with Gasteiger partial charge in [-0.2, -0.15) is 0 Å². The van der Waals surface area contributed by atoms with Gasteiger partial charge >= 0.3 is 12.1 Å². The van der Waals surface area contributed by atoms with Crippen LogP contribution in [0.5, 0.6) is 0 Å². The maximum atomic E-state index is 13.8. The van der Waals surface area contributed by atoms with Crippen LogP contribution in [-0.4, -0.2) is 45.3 Å². The molecule has 3 amide bonds. The molecule has 1 rings (SSSR count). The molecule has 36 heavy (non-hydrogen) atoms. The van der Waals surface area contributed by atoms with E-state index in [1.165, 1.54) is 11.4 Å². The van der Waals surface area contributed by atoms with Crippen molar-refractivity contribution < 1.29 is 32.9 Å². The summed E-state index contributed by atoms with van der Waals surface area (Å²) in [6, 6.07) is 0.188. The second-order valence-corrected chi connectivity index (χ2v) is 14.0. The first-order chi connectivity index (χ1) is 16.3. The number of carbonyl (C=O) groups is 4. The zero-order chi connectivity index (χ0) is 27.9. The van der Waals surface area contributed by atoms with Gasteiger partial charge in [0.2, 0.25) is 5.91 Å². The highest BCUT2D eigenvalue weighted by Gasteiger charge is 2.28. The molecule has 0 saturated carbocycles. The number of carbonyl (C=O) groups excluding carboxylic acids is 4. The Kier molecular flexibility index (Phi) is 11.4. The highest BCUT2D eigenvalue weighted by molar-refractivity contribution is 7.94. The van der Waals surface area contributed by atoms with Gasteiger partial charge in [0.25, 0.3) is 5.91 Å². The van der Waals surface area contributed by atoms with Crippen molar-refractivity contribution in [1.82, 2.24) is 10.0 Å². The quantitative estimate of drug-likeness (QED) is 0.408. The monoisotopic (exact) mass is 565 g/mol. The fourth-order valence-electron chi connectivity index (χ4n) is 2.70. The number of thiophene rings is 1. The van der Waals surface area contributed by atoms with Crippen LogP contribution in [0, 0.1) is 5.92 Å². The summed E-state index contributed by atoms with van der Waals surface area (Å²) in [7, 11) is -3.81. The summed E-state index contributed by atoms with van der Waals surface area (Å²) in [5.74, 6) is -2.31. The van der Waals surface area contributed by atoms with Gasteiger partial charge in [0, 0.05) is 11.8 Å². The maximum Gasteiger partial charge on any atom is 0.408 e. The van der Waals surface area contributed by atoms with Crippen molar-refractivity contribution in [2.45, 2.75) is 96.1 Å². The summed E-state index contributed by atoms with van der Waals surface area (Å²) in [4.78, 5) is 49.9. The number of esters is 1. The van der Waals surface area contributed by atoms with E-state index in [2.05, 4.69) is 14.4 Å². The number of amides is 3. The molecular formula is C23H36ClN3O7S2. The normalized spacial score (nSPS) is 14.4. The molecule has 0 aliphatic rings. The van der Waals surface area contributed by atoms with E-state index in [0.717, 1.165) is 11.3 Å². The number of rotatable bonds is 9. The standard InChI is InChI=1S/C23H36ClN3O7S2/c1-14(2)11-16(25-21(31)34-23(6,7)8)20(30)27-36(32,19-12-15(24)13-35-19)26-17(28)9-10-18(29)33-22(3,4)5/h12-14,16H,9-11H2,1-8H3,(H,25,31)(H,26,27,28,30,32)/t16-,36?/m0/s1. The van der Waals surface area contributed by atoms with Crippen molar-refractivity contribution in [2.75, 3.05) is 0 Å². The largest absolute Gasteiger partial charge is 0.460 e. The minimum absolute atomic E-state index is 0.0280. The molecule has 1 aromatic heterocycles. The van der Waals surface area contributed by atoms with E-state index in [-0.39, 0.29) is 34.4 Å². The number of nitrogens with one attached hydrogen (secondary N) is 2. The van der Waals surface area contributed by atoms with Gasteiger partial charge in [-0.15, -0.1) is 15.7 Å². The van der Waals surface area contributed by atoms with Crippen LogP contribution in [-0.2, 0) is 33.8 Å². The Bertz CT molecular complexity index is 1080. The number of hydrogen-bond acceptors (Lipinski definition) is 8. The fourth-order valence-corrected chi connectivity index (χ4v) is 5.79. The minimum atomic E-state index is -3.81. The Morgan fingerprint density at radius 1 is 1.06 bits per heavy atom. The molecule has 1 unspecified atom stereocenters. The Morgan fingerprint density at radius 3 is 2.11 bits per heavy atom. The van der Waals surface area contributed by atoms with E-state index in [0.29, 0.717) is 0 Å². The summed E-state index contributed by atoms with van der Waals surface area (Å²) in [6.07, 6.45) is -1.23. The minimum Gasteiger partial charge on any atom is -0.460 e. The number of hydrogen-bond donors (Lipinski definition) is 2. The summed E-state index contributed by atoms with van der Waals surface area (Å²) >= 11 is 6.92. The second kappa shape index (κ2) is 12.9. The molecule has 2 N–H and O–H groups in total. The fraction of sp³-hybridized carbons (Fsp3) is 0.652. The number of alkyl carbamates (subject to hydrolysis) is 1. The van der Waals surface area contributed by atoms with Gasteiger partial charge in [0.1, 0.15) is 21.5 Å². The topological polar surface area (TPSA) is 140 Å². The smallest absolute Gasteiger partial charge is 0.408 e. The lowest BCUT2D eigenvalue weighted by atomic mass is 10.0. The molecule has 2 atom stereocenters. The molecule has 0 spiro atoms. The SMILES string of the molecule is CC(C)C[C@H](NC(=O)OC(C)(C)C)C(=O)N=S(=O)(NC(=O)CCC(=O)OC(C)(C)C)c1cc(Cl)cs1. The molecule has 1 heterocycles. The van der Waals surface area contributed by atoms with Crippen molar-refractivity contribution in [3.63, 3.8) is 0 Å². The first kappa shape index (κ1) is 31.8. The molecule has 0 aliphatic heterocycles. The summed E-state index contributed by atoms with van der Waals surface area (Å²) in [6.45, 7) is 13.8. The molecule has 0 bridgehead atoms. The molecule has 0 aromatic carbocycles. The van der Waals surface area contributed by atoms with Crippen LogP contribution in [0.1, 0.15) is 74.7 Å². The number of halogens is 1. The third-order valence-corrected chi connectivity index (χ3v) is 7.60. The molecule has 0 saturated heterocycles. The Labute approximate surface area is 222 Å². The van der Waals surface area contributed by atoms with Gasteiger partial charge in [-0.3, -0.25) is 19.1 Å². The predicted octanol–water partition coefficient (Wildman–Crippen LogP) is 4.85. The Balaban J connectivity index is 3.21. The van der Waals surface area contributed by atoms with Crippen molar-refractivity contribution in [3.8, 4) is 0 Å². The average Bonchev–Trinajstić information content (AvgIpc) is 3.09. The molecule has 0 aliphatic carbocycles. The average molecular weight is 566 g/mol. The molecule has 13 heteroatoms. The highest BCUT2D eigenvalue weighted by Crippen LogP contribution is 2.25. The lowest BCUT2D eigenvalue weighted by Crippen LogP contribution is -2.44. The predicted molar refractivity (Wildman–Crippen MR) is 139 cm³/mol. The second-order valence-electron chi connectivity index (χ2n) is 10.5. The van der Waals surface area contributed by atoms with Crippen LogP contribution in [0.3, 0.4) is 0 Å². The van der Waals surface area contributed by atoms with Crippen LogP contribution in [0.2, 0.25) is 5.02 Å². The van der Waals surface area contributed by atoms with Crippen LogP contribution in [0.4, 0.5) is 4.79 Å². The van der Waals surface area contributed by atoms with Gasteiger partial charge in [-0.05, 0) is 59.9 Å². The highest BCUT2D eigenvalue weighted by atomic mass is 35.5. The molecule has 10 nitrogen and oxygen atoms in total. The van der Waals surface area contributed by atoms with Crippen LogP contribution in [0.25, 0.3) is 0 Å². The molecule has 0 radical (unpaired) electrons. The van der Waals surface area contributed by atoms with Crippen LogP contribution < -0.4 is 10.0 Å². The Hall–Kier alpha value is -2.18. The van der Waals surface area contributed by atoms with E-state index >= 15 is 0 Å². The van der Waals surface area contributed by atoms with Gasteiger partial charge < -0.3 is 14.8 Å². The molecule has 204 valence electrons. The molecular weight excluding hydrogens is 530 g/mol. The lowest BCUT2D eigenvalue weighted by Gasteiger charge is -2.23. The maximum absolute atomic E-state index is 13.8. The summed E-state index contributed by atoms with van der Waals surface area (Å²) in [5, 5.41) is 4.20. The van der Waals surface area contributed by atoms with Gasteiger partial charge in [0.15, 0.2) is 9.92 Å². The summed E-state index contributed by atoms with van der Waals surface area (Å²) < 4.78 is 30.3. The molecule has 1 aromatic rings. The number of ether oxygens (including phenoxy) is 2. The zero-order valence-electron chi connectivity index (χ0n) is 21.9. The van der Waals surface area contributed by atoms with E-state index in [1.807, 2.05) is 13.8 Å². The summed E-state index contributed by atoms with van der Waals surface area (Å²) in [5.41, 5.74) is -1.51.